The molecule has 178 valence electrons. The number of nitrogens with one attached hydrogen (secondary N) is 1. The van der Waals surface area contributed by atoms with Crippen LogP contribution < -0.4 is 10.2 Å². The van der Waals surface area contributed by atoms with Gasteiger partial charge in [-0.15, -0.1) is 16.4 Å². The third-order valence-electron chi connectivity index (χ3n) is 5.59. The number of thiophene rings is 1. The van der Waals surface area contributed by atoms with Crippen molar-refractivity contribution in [3.8, 4) is 11.3 Å². The van der Waals surface area contributed by atoms with Crippen LogP contribution in [0.3, 0.4) is 0 Å². The van der Waals surface area contributed by atoms with Crippen LogP contribution in [0.25, 0.3) is 16.2 Å². The molecule has 0 bridgehead atoms. The minimum absolute atomic E-state index is 0.174. The van der Waals surface area contributed by atoms with Crippen molar-refractivity contribution in [3.05, 3.63) is 52.5 Å². The summed E-state index contributed by atoms with van der Waals surface area (Å²) in [4.78, 5) is 23.4. The summed E-state index contributed by atoms with van der Waals surface area (Å²) in [6, 6.07) is 10.5. The molecule has 0 unspecified atom stereocenters. The predicted molar refractivity (Wildman–Crippen MR) is 136 cm³/mol. The van der Waals surface area contributed by atoms with Gasteiger partial charge < -0.3 is 15.1 Å². The Morgan fingerprint density at radius 2 is 1.94 bits per heavy atom. The molecular weight excluding hydrogens is 471 g/mol. The Balaban J connectivity index is 1.36. The van der Waals surface area contributed by atoms with E-state index in [9.17, 15) is 9.18 Å². The third kappa shape index (κ3) is 4.78. The second-order valence-electron chi connectivity index (χ2n) is 9.40. The molecule has 1 N–H and O–H groups in total. The molecule has 3 aromatic heterocycles. The number of carbonyl (C=O) groups excluding carboxylic acids is 1. The molecular formula is C24H27FN6OS2. The van der Waals surface area contributed by atoms with Gasteiger partial charge in [0.2, 0.25) is 16.0 Å². The summed E-state index contributed by atoms with van der Waals surface area (Å²) < 4.78 is 15.7. The maximum atomic E-state index is 13.9. The van der Waals surface area contributed by atoms with E-state index in [0.717, 1.165) is 33.9 Å². The average Bonchev–Trinajstić information content (AvgIpc) is 3.51. The van der Waals surface area contributed by atoms with E-state index in [1.807, 2.05) is 33.0 Å². The lowest BCUT2D eigenvalue weighted by molar-refractivity contribution is -0.130. The lowest BCUT2D eigenvalue weighted by Crippen LogP contribution is -2.49. The standard InChI is InChI=1S/C24H27FN6OS2/c1-24(2,3)27-21-20(16-6-4-7-17(25)14-16)26-22-31(21)28-23(34-22)30-11-9-29(10-12-30)19(32)15-18-8-5-13-33-18/h4-8,13-14,27H,9-12,15H2,1-3H3. The number of aromatic nitrogens is 3. The predicted octanol–water partition coefficient (Wildman–Crippen LogP) is 4.76. The molecule has 0 saturated carbocycles. The first kappa shape index (κ1) is 22.8. The minimum Gasteiger partial charge on any atom is -0.364 e. The zero-order valence-corrected chi connectivity index (χ0v) is 21.0. The van der Waals surface area contributed by atoms with E-state index in [-0.39, 0.29) is 17.3 Å². The largest absolute Gasteiger partial charge is 0.364 e. The van der Waals surface area contributed by atoms with Crippen LogP contribution in [0.2, 0.25) is 0 Å². The minimum atomic E-state index is -0.296. The van der Waals surface area contributed by atoms with Crippen LogP contribution in [0.5, 0.6) is 0 Å². The molecule has 0 atom stereocenters. The molecule has 0 spiro atoms. The summed E-state index contributed by atoms with van der Waals surface area (Å²) in [5.41, 5.74) is 1.17. The van der Waals surface area contributed by atoms with Crippen LogP contribution in [-0.4, -0.2) is 57.1 Å². The molecule has 0 aliphatic carbocycles. The van der Waals surface area contributed by atoms with Gasteiger partial charge in [0.25, 0.3) is 0 Å². The van der Waals surface area contributed by atoms with Crippen LogP contribution in [0.15, 0.2) is 41.8 Å². The Kier molecular flexibility index (Phi) is 6.03. The Bertz CT molecular complexity index is 1300. The summed E-state index contributed by atoms with van der Waals surface area (Å²) in [7, 11) is 0. The van der Waals surface area contributed by atoms with E-state index in [2.05, 4.69) is 31.0 Å². The number of halogens is 1. The van der Waals surface area contributed by atoms with Crippen LogP contribution >= 0.6 is 22.7 Å². The summed E-state index contributed by atoms with van der Waals surface area (Å²) in [6.07, 6.45) is 0.466. The average molecular weight is 499 g/mol. The number of hydrogen-bond acceptors (Lipinski definition) is 7. The number of carbonyl (C=O) groups is 1. The van der Waals surface area contributed by atoms with E-state index < -0.39 is 0 Å². The smallest absolute Gasteiger partial charge is 0.227 e. The Hall–Kier alpha value is -2.98. The molecule has 1 aliphatic rings. The van der Waals surface area contributed by atoms with Crippen LogP contribution in [0, 0.1) is 5.82 Å². The van der Waals surface area contributed by atoms with Crippen LogP contribution in [0.1, 0.15) is 25.6 Å². The molecule has 7 nitrogen and oxygen atoms in total. The van der Waals surface area contributed by atoms with Crippen molar-refractivity contribution >= 4 is 44.5 Å². The van der Waals surface area contributed by atoms with Crippen LogP contribution in [0.4, 0.5) is 15.3 Å². The van der Waals surface area contributed by atoms with E-state index in [0.29, 0.717) is 30.8 Å². The first-order chi connectivity index (χ1) is 16.3. The van der Waals surface area contributed by atoms with E-state index >= 15 is 0 Å². The highest BCUT2D eigenvalue weighted by Crippen LogP contribution is 2.35. The highest BCUT2D eigenvalue weighted by atomic mass is 32.1. The molecule has 4 aromatic rings. The number of hydrogen-bond donors (Lipinski definition) is 1. The molecule has 1 fully saturated rings. The molecule has 0 radical (unpaired) electrons. The SMILES string of the molecule is CC(C)(C)Nc1c(-c2cccc(F)c2)nc2sc(N3CCN(C(=O)Cc4cccs4)CC3)nn12. The van der Waals surface area contributed by atoms with Gasteiger partial charge in [-0.05, 0) is 44.4 Å². The van der Waals surface area contributed by atoms with E-state index in [4.69, 9.17) is 10.1 Å². The lowest BCUT2D eigenvalue weighted by Gasteiger charge is -2.34. The normalized spacial score (nSPS) is 14.7. The second kappa shape index (κ2) is 8.99. The van der Waals surface area contributed by atoms with Crippen molar-refractivity contribution in [2.45, 2.75) is 32.7 Å². The number of piperazine rings is 1. The fourth-order valence-corrected chi connectivity index (χ4v) is 5.64. The highest BCUT2D eigenvalue weighted by molar-refractivity contribution is 7.20. The van der Waals surface area contributed by atoms with E-state index in [1.54, 1.807) is 17.4 Å². The zero-order valence-electron chi connectivity index (χ0n) is 19.4. The zero-order chi connectivity index (χ0) is 23.9. The lowest BCUT2D eigenvalue weighted by atomic mass is 10.1. The molecule has 34 heavy (non-hydrogen) atoms. The topological polar surface area (TPSA) is 65.8 Å². The van der Waals surface area contributed by atoms with Gasteiger partial charge in [-0.1, -0.05) is 29.5 Å². The molecule has 1 aliphatic heterocycles. The number of anilines is 2. The molecule has 1 saturated heterocycles. The Morgan fingerprint density at radius 1 is 1.15 bits per heavy atom. The number of fused-ring (bicyclic) bond motifs is 1. The second-order valence-corrected chi connectivity index (χ2v) is 11.4. The van der Waals surface area contributed by atoms with Gasteiger partial charge in [-0.25, -0.2) is 9.37 Å². The molecule has 10 heteroatoms. The summed E-state index contributed by atoms with van der Waals surface area (Å²) >= 11 is 3.13. The Morgan fingerprint density at radius 3 is 2.62 bits per heavy atom. The van der Waals surface area contributed by atoms with E-state index in [1.165, 1.54) is 23.5 Å². The maximum absolute atomic E-state index is 13.9. The molecule has 5 rings (SSSR count). The third-order valence-corrected chi connectivity index (χ3v) is 7.44. The van der Waals surface area contributed by atoms with Crippen LogP contribution in [-0.2, 0) is 11.2 Å². The number of amides is 1. The summed E-state index contributed by atoms with van der Waals surface area (Å²) in [6.45, 7) is 9.02. The van der Waals surface area contributed by atoms with Crippen molar-refractivity contribution in [3.63, 3.8) is 0 Å². The Labute approximate surface area is 205 Å². The van der Waals surface area contributed by atoms with Gasteiger partial charge in [0, 0.05) is 42.2 Å². The quantitative estimate of drug-likeness (QED) is 0.430. The highest BCUT2D eigenvalue weighted by Gasteiger charge is 2.26. The van der Waals surface area contributed by atoms with Crippen molar-refractivity contribution in [1.29, 1.82) is 0 Å². The first-order valence-corrected chi connectivity index (χ1v) is 13.0. The molecule has 1 amide bonds. The number of nitrogens with zero attached hydrogens (tertiary/aromatic N) is 5. The van der Waals surface area contributed by atoms with Gasteiger partial charge in [0.1, 0.15) is 11.5 Å². The molecule has 1 aromatic carbocycles. The maximum Gasteiger partial charge on any atom is 0.227 e. The van der Waals surface area contributed by atoms with Crippen molar-refractivity contribution in [2.24, 2.45) is 0 Å². The first-order valence-electron chi connectivity index (χ1n) is 11.3. The van der Waals surface area contributed by atoms with Gasteiger partial charge in [-0.3, -0.25) is 4.79 Å². The van der Waals surface area contributed by atoms with Crippen molar-refractivity contribution in [2.75, 3.05) is 36.4 Å². The number of imidazole rings is 1. The fourth-order valence-electron chi connectivity index (χ4n) is 3.99. The van der Waals surface area contributed by atoms with Gasteiger partial charge >= 0.3 is 0 Å². The van der Waals surface area contributed by atoms with Gasteiger partial charge in [-0.2, -0.15) is 4.52 Å². The monoisotopic (exact) mass is 498 g/mol. The van der Waals surface area contributed by atoms with Crippen molar-refractivity contribution < 1.29 is 9.18 Å². The summed E-state index contributed by atoms with van der Waals surface area (Å²) in [5.74, 6) is 0.628. The number of benzene rings is 1. The van der Waals surface area contributed by atoms with Gasteiger partial charge in [0.05, 0.1) is 6.42 Å². The number of rotatable bonds is 5. The summed E-state index contributed by atoms with van der Waals surface area (Å²) in [5, 5.41) is 11.2. The fraction of sp³-hybridized carbons (Fsp3) is 0.375. The molecule has 4 heterocycles. The van der Waals surface area contributed by atoms with Crippen molar-refractivity contribution in [1.82, 2.24) is 19.5 Å². The van der Waals surface area contributed by atoms with Gasteiger partial charge in [0.15, 0.2) is 5.82 Å².